The number of nitriles is 1. The Hall–Kier alpha value is -5.07. The number of hydrogen-bond donors (Lipinski definition) is 0. The molecule has 0 saturated carbocycles. The van der Waals surface area contributed by atoms with E-state index in [2.05, 4.69) is 131 Å². The van der Waals surface area contributed by atoms with E-state index in [0.29, 0.717) is 0 Å². The van der Waals surface area contributed by atoms with E-state index in [1.54, 1.807) is 0 Å². The Morgan fingerprint density at radius 1 is 0.750 bits per heavy atom. The average Bonchev–Trinajstić information content (AvgIpc) is 3.55. The molecule has 1 unspecified atom stereocenters. The molecule has 3 nitrogen and oxygen atoms in total. The molecule has 0 radical (unpaired) electrons. The monoisotopic (exact) mass is 513 g/mol. The molecular formula is C37H27N3. The van der Waals surface area contributed by atoms with E-state index in [9.17, 15) is 5.26 Å². The molecule has 0 spiro atoms. The molecular weight excluding hydrogens is 486 g/mol. The fourth-order valence-electron chi connectivity index (χ4n) is 6.87. The lowest BCUT2D eigenvalue weighted by molar-refractivity contribution is 0.597. The second-order valence-electron chi connectivity index (χ2n) is 10.7. The SMILES string of the molecule is N#CC1=CCC(n2c3c(c4c(-c5cccc6c7ccccc7n(-c7ccccc7)c56)cccc42)C=CCC3)C=C1. The van der Waals surface area contributed by atoms with Gasteiger partial charge in [0, 0.05) is 44.2 Å². The number of fused-ring (bicyclic) bond motifs is 6. The number of hydrogen-bond acceptors (Lipinski definition) is 1. The van der Waals surface area contributed by atoms with E-state index < -0.39 is 0 Å². The van der Waals surface area contributed by atoms with Crippen LogP contribution in [0.5, 0.6) is 0 Å². The predicted octanol–water partition coefficient (Wildman–Crippen LogP) is 9.32. The van der Waals surface area contributed by atoms with Gasteiger partial charge in [-0.25, -0.2) is 0 Å². The molecule has 40 heavy (non-hydrogen) atoms. The van der Waals surface area contributed by atoms with Crippen LogP contribution < -0.4 is 0 Å². The van der Waals surface area contributed by atoms with Gasteiger partial charge in [-0.15, -0.1) is 0 Å². The molecule has 8 rings (SSSR count). The molecule has 0 bridgehead atoms. The Morgan fingerprint density at radius 3 is 2.38 bits per heavy atom. The third kappa shape index (κ3) is 3.30. The molecule has 6 aromatic rings. The lowest BCUT2D eigenvalue weighted by Gasteiger charge is -2.22. The molecule has 0 saturated heterocycles. The first kappa shape index (κ1) is 22.9. The van der Waals surface area contributed by atoms with Gasteiger partial charge in [-0.05, 0) is 55.2 Å². The van der Waals surface area contributed by atoms with E-state index >= 15 is 0 Å². The van der Waals surface area contributed by atoms with Crippen LogP contribution in [0.1, 0.15) is 30.1 Å². The molecule has 0 amide bonds. The molecule has 2 heterocycles. The highest BCUT2D eigenvalue weighted by atomic mass is 15.0. The highest BCUT2D eigenvalue weighted by Gasteiger charge is 2.25. The number of benzene rings is 4. The summed E-state index contributed by atoms with van der Waals surface area (Å²) in [6.07, 6.45) is 13.8. The van der Waals surface area contributed by atoms with Crippen molar-refractivity contribution in [1.82, 2.24) is 9.13 Å². The minimum atomic E-state index is 0.205. The lowest BCUT2D eigenvalue weighted by atomic mass is 9.94. The molecule has 0 fully saturated rings. The quantitative estimate of drug-likeness (QED) is 0.232. The number of para-hydroxylation sites is 3. The van der Waals surface area contributed by atoms with Crippen molar-refractivity contribution in [1.29, 1.82) is 5.26 Å². The number of aromatic nitrogens is 2. The maximum Gasteiger partial charge on any atom is 0.0988 e. The Labute approximate surface area is 233 Å². The Balaban J connectivity index is 1.46. The normalized spacial score (nSPS) is 16.4. The molecule has 3 heteroatoms. The van der Waals surface area contributed by atoms with Crippen LogP contribution in [-0.4, -0.2) is 9.13 Å². The van der Waals surface area contributed by atoms with E-state index in [1.165, 1.54) is 60.8 Å². The van der Waals surface area contributed by atoms with Gasteiger partial charge in [-0.1, -0.05) is 91.0 Å². The van der Waals surface area contributed by atoms with Crippen molar-refractivity contribution in [3.8, 4) is 22.9 Å². The van der Waals surface area contributed by atoms with Crippen molar-refractivity contribution in [2.24, 2.45) is 0 Å². The van der Waals surface area contributed by atoms with E-state index in [1.807, 2.05) is 6.08 Å². The highest BCUT2D eigenvalue weighted by molar-refractivity contribution is 6.16. The van der Waals surface area contributed by atoms with Crippen LogP contribution in [0.4, 0.5) is 0 Å². The first-order valence-electron chi connectivity index (χ1n) is 14.0. The molecule has 0 aliphatic heterocycles. The van der Waals surface area contributed by atoms with Gasteiger partial charge in [0.15, 0.2) is 0 Å². The standard InChI is InChI=1S/C37H27N3/c38-24-25-20-22-27(23-21-25)39-34-18-7-5-13-32(34)36-29(14-9-19-35(36)39)31-16-8-15-30-28-12-4-6-17-33(28)40(37(30)31)26-10-2-1-3-11-26/h1-6,8-17,19-22,27H,7,18,23H2. The Bertz CT molecular complexity index is 2090. The second kappa shape index (κ2) is 9.00. The molecule has 1 atom stereocenters. The van der Waals surface area contributed by atoms with Gasteiger partial charge in [0.05, 0.1) is 28.7 Å². The van der Waals surface area contributed by atoms with Crippen LogP contribution in [0, 0.1) is 11.3 Å². The molecule has 4 aromatic carbocycles. The smallest absolute Gasteiger partial charge is 0.0988 e. The Kier molecular flexibility index (Phi) is 5.15. The van der Waals surface area contributed by atoms with Crippen molar-refractivity contribution in [3.05, 3.63) is 132 Å². The first-order chi connectivity index (χ1) is 19.8. The number of allylic oxidation sites excluding steroid dienone is 5. The molecule has 0 N–H and O–H groups in total. The zero-order valence-corrected chi connectivity index (χ0v) is 22.1. The molecule has 2 aliphatic rings. The largest absolute Gasteiger partial charge is 0.337 e. The minimum Gasteiger partial charge on any atom is -0.337 e. The Morgan fingerprint density at radius 2 is 1.52 bits per heavy atom. The number of nitrogens with zero attached hydrogens (tertiary/aromatic N) is 3. The third-order valence-corrected chi connectivity index (χ3v) is 8.54. The van der Waals surface area contributed by atoms with Crippen LogP contribution in [0.25, 0.3) is 55.6 Å². The van der Waals surface area contributed by atoms with Gasteiger partial charge in [0.25, 0.3) is 0 Å². The topological polar surface area (TPSA) is 33.6 Å². The molecule has 2 aliphatic carbocycles. The van der Waals surface area contributed by atoms with Gasteiger partial charge in [-0.2, -0.15) is 5.26 Å². The van der Waals surface area contributed by atoms with E-state index in [4.69, 9.17) is 0 Å². The molecule has 190 valence electrons. The summed E-state index contributed by atoms with van der Waals surface area (Å²) >= 11 is 0. The van der Waals surface area contributed by atoms with Crippen molar-refractivity contribution in [3.63, 3.8) is 0 Å². The summed E-state index contributed by atoms with van der Waals surface area (Å²) in [5.41, 5.74) is 10.9. The summed E-state index contributed by atoms with van der Waals surface area (Å²) in [5.74, 6) is 0. The second-order valence-corrected chi connectivity index (χ2v) is 10.7. The summed E-state index contributed by atoms with van der Waals surface area (Å²) in [6, 6.07) is 35.5. The van der Waals surface area contributed by atoms with Crippen molar-refractivity contribution >= 4 is 38.8 Å². The summed E-state index contributed by atoms with van der Waals surface area (Å²) < 4.78 is 4.96. The van der Waals surface area contributed by atoms with Crippen LogP contribution in [0.2, 0.25) is 0 Å². The number of rotatable bonds is 3. The van der Waals surface area contributed by atoms with Crippen LogP contribution in [-0.2, 0) is 6.42 Å². The van der Waals surface area contributed by atoms with Gasteiger partial charge < -0.3 is 9.13 Å². The molecule has 2 aromatic heterocycles. The fraction of sp³-hybridized carbons (Fsp3) is 0.108. The van der Waals surface area contributed by atoms with Crippen LogP contribution in [0.3, 0.4) is 0 Å². The van der Waals surface area contributed by atoms with Gasteiger partial charge >= 0.3 is 0 Å². The van der Waals surface area contributed by atoms with E-state index in [0.717, 1.165) is 24.8 Å². The summed E-state index contributed by atoms with van der Waals surface area (Å²) in [5, 5.41) is 13.2. The zero-order valence-electron chi connectivity index (χ0n) is 22.1. The third-order valence-electron chi connectivity index (χ3n) is 8.54. The average molecular weight is 514 g/mol. The highest BCUT2D eigenvalue weighted by Crippen LogP contribution is 2.44. The maximum absolute atomic E-state index is 9.39. The first-order valence-corrected chi connectivity index (χ1v) is 14.0. The summed E-state index contributed by atoms with van der Waals surface area (Å²) in [7, 11) is 0. The maximum atomic E-state index is 9.39. The zero-order chi connectivity index (χ0) is 26.6. The van der Waals surface area contributed by atoms with Crippen molar-refractivity contribution in [2.75, 3.05) is 0 Å². The van der Waals surface area contributed by atoms with Gasteiger partial charge in [0.1, 0.15) is 0 Å². The summed E-state index contributed by atoms with van der Waals surface area (Å²) in [4.78, 5) is 0. The fourth-order valence-corrected chi connectivity index (χ4v) is 6.87. The summed E-state index contributed by atoms with van der Waals surface area (Å²) in [6.45, 7) is 0. The van der Waals surface area contributed by atoms with Gasteiger partial charge in [-0.3, -0.25) is 0 Å². The van der Waals surface area contributed by atoms with Crippen LogP contribution >= 0.6 is 0 Å². The van der Waals surface area contributed by atoms with Crippen molar-refractivity contribution in [2.45, 2.75) is 25.3 Å². The van der Waals surface area contributed by atoms with Gasteiger partial charge in [0.2, 0.25) is 0 Å². The van der Waals surface area contributed by atoms with Crippen molar-refractivity contribution < 1.29 is 0 Å². The lowest BCUT2D eigenvalue weighted by Crippen LogP contribution is -2.12. The van der Waals surface area contributed by atoms with E-state index in [-0.39, 0.29) is 6.04 Å². The predicted molar refractivity (Wildman–Crippen MR) is 166 cm³/mol. The minimum absolute atomic E-state index is 0.205. The van der Waals surface area contributed by atoms with Crippen LogP contribution in [0.15, 0.2) is 121 Å².